The van der Waals surface area contributed by atoms with Gasteiger partial charge in [-0.25, -0.2) is 4.79 Å². The highest BCUT2D eigenvalue weighted by Crippen LogP contribution is 2.46. The summed E-state index contributed by atoms with van der Waals surface area (Å²) in [7, 11) is 0. The Balaban J connectivity index is 2.08. The molecule has 1 unspecified atom stereocenters. The maximum atomic E-state index is 13.1. The van der Waals surface area contributed by atoms with Crippen molar-refractivity contribution in [2.75, 3.05) is 6.61 Å². The Hall–Kier alpha value is -3.49. The van der Waals surface area contributed by atoms with E-state index in [-0.39, 0.29) is 18.1 Å². The monoisotopic (exact) mass is 434 g/mol. The van der Waals surface area contributed by atoms with Crippen molar-refractivity contribution >= 4 is 18.0 Å². The molecule has 1 aromatic carbocycles. The van der Waals surface area contributed by atoms with Crippen LogP contribution in [0.2, 0.25) is 0 Å². The van der Waals surface area contributed by atoms with Crippen molar-refractivity contribution in [3.63, 3.8) is 0 Å². The zero-order valence-electron chi connectivity index (χ0n) is 16.6. The second-order valence-electron chi connectivity index (χ2n) is 7.10. The summed E-state index contributed by atoms with van der Waals surface area (Å²) in [6, 6.07) is 4.94. The number of primary amides is 1. The van der Waals surface area contributed by atoms with Crippen LogP contribution in [0.5, 0.6) is 0 Å². The molecule has 0 saturated heterocycles. The van der Waals surface area contributed by atoms with Gasteiger partial charge in [0.05, 0.1) is 17.7 Å². The minimum atomic E-state index is -4.47. The largest absolute Gasteiger partial charge is 0.480 e. The standard InChI is InChI=1S/C22H21F3N2O4/c1-2-15-16(11-19(26)28)21-18(31-12-20(29)30)7-4-8-27(21)17(15)10-13-5-3-6-14(9-13)22(23,24)25/h3-10,15H,2,11-12H2,1H3,(H2,26,28)(H,29,30)/b17-10-. The molecule has 0 aliphatic carbocycles. The van der Waals surface area contributed by atoms with Crippen LogP contribution in [0.3, 0.4) is 0 Å². The third-order valence-corrected chi connectivity index (χ3v) is 4.97. The van der Waals surface area contributed by atoms with Gasteiger partial charge in [0.25, 0.3) is 0 Å². The summed E-state index contributed by atoms with van der Waals surface area (Å²) in [6.45, 7) is 1.31. The highest BCUT2D eigenvalue weighted by atomic mass is 19.4. The fourth-order valence-electron chi connectivity index (χ4n) is 3.78. The number of carboxylic acid groups (broad SMARTS) is 1. The summed E-state index contributed by atoms with van der Waals surface area (Å²) in [5.74, 6) is -1.79. The van der Waals surface area contributed by atoms with Gasteiger partial charge in [-0.15, -0.1) is 0 Å². The predicted molar refractivity (Wildman–Crippen MR) is 107 cm³/mol. The zero-order valence-corrected chi connectivity index (χ0v) is 16.6. The number of hydrogen-bond acceptors (Lipinski definition) is 4. The molecule has 6 nitrogen and oxygen atoms in total. The van der Waals surface area contributed by atoms with E-state index in [1.807, 2.05) is 6.92 Å². The van der Waals surface area contributed by atoms with Gasteiger partial charge < -0.3 is 20.5 Å². The quantitative estimate of drug-likeness (QED) is 0.676. The predicted octanol–water partition coefficient (Wildman–Crippen LogP) is 4.03. The summed E-state index contributed by atoms with van der Waals surface area (Å²) >= 11 is 0. The number of allylic oxidation sites excluding steroid dienone is 3. The number of benzene rings is 1. The average Bonchev–Trinajstić information content (AvgIpc) is 2.98. The SMILES string of the molecule is CCC1C(CC(N)=O)=C2C(OCC(=O)O)=CC=CN2/C1=C\c1cccc(C(F)(F)F)c1. The van der Waals surface area contributed by atoms with Gasteiger partial charge in [-0.2, -0.15) is 13.2 Å². The van der Waals surface area contributed by atoms with E-state index in [1.54, 1.807) is 35.4 Å². The number of carbonyl (C=O) groups is 2. The van der Waals surface area contributed by atoms with E-state index in [9.17, 15) is 22.8 Å². The molecule has 1 aromatic rings. The fraction of sp³-hybridized carbons (Fsp3) is 0.273. The molecule has 2 aliphatic heterocycles. The van der Waals surface area contributed by atoms with Crippen LogP contribution in [0.4, 0.5) is 13.2 Å². The number of fused-ring (bicyclic) bond motifs is 1. The number of hydrogen-bond donors (Lipinski definition) is 2. The van der Waals surface area contributed by atoms with E-state index in [4.69, 9.17) is 15.6 Å². The van der Waals surface area contributed by atoms with Crippen LogP contribution in [-0.4, -0.2) is 28.5 Å². The van der Waals surface area contributed by atoms with Crippen molar-refractivity contribution in [3.8, 4) is 0 Å². The third kappa shape index (κ3) is 4.82. The smallest absolute Gasteiger partial charge is 0.416 e. The van der Waals surface area contributed by atoms with E-state index >= 15 is 0 Å². The summed E-state index contributed by atoms with van der Waals surface area (Å²) in [5, 5.41) is 8.96. The lowest BCUT2D eigenvalue weighted by Crippen LogP contribution is -2.19. The maximum absolute atomic E-state index is 13.1. The normalized spacial score (nSPS) is 19.5. The first-order valence-electron chi connectivity index (χ1n) is 9.54. The molecule has 2 heterocycles. The Morgan fingerprint density at radius 1 is 1.32 bits per heavy atom. The van der Waals surface area contributed by atoms with Crippen LogP contribution in [0.15, 0.2) is 65.3 Å². The molecule has 3 N–H and O–H groups in total. The van der Waals surface area contributed by atoms with Gasteiger partial charge in [-0.1, -0.05) is 19.1 Å². The van der Waals surface area contributed by atoms with E-state index in [2.05, 4.69) is 0 Å². The number of nitrogens with zero attached hydrogens (tertiary/aromatic N) is 1. The van der Waals surface area contributed by atoms with Crippen LogP contribution in [0.1, 0.15) is 30.9 Å². The number of carboxylic acids is 1. The first-order chi connectivity index (χ1) is 14.6. The molecule has 0 radical (unpaired) electrons. The molecule has 31 heavy (non-hydrogen) atoms. The van der Waals surface area contributed by atoms with E-state index in [0.29, 0.717) is 29.0 Å². The van der Waals surface area contributed by atoms with Crippen molar-refractivity contribution in [2.45, 2.75) is 25.9 Å². The molecular weight excluding hydrogens is 413 g/mol. The third-order valence-electron chi connectivity index (χ3n) is 4.97. The highest BCUT2D eigenvalue weighted by molar-refractivity contribution is 5.78. The van der Waals surface area contributed by atoms with E-state index in [0.717, 1.165) is 12.1 Å². The number of halogens is 3. The molecule has 3 rings (SSSR count). The molecule has 1 atom stereocenters. The first kappa shape index (κ1) is 22.2. The topological polar surface area (TPSA) is 92.9 Å². The molecule has 0 bridgehead atoms. The molecule has 164 valence electrons. The molecule has 0 spiro atoms. The van der Waals surface area contributed by atoms with Crippen molar-refractivity contribution in [1.29, 1.82) is 0 Å². The Morgan fingerprint density at radius 2 is 2.06 bits per heavy atom. The average molecular weight is 434 g/mol. The number of aliphatic carboxylic acids is 1. The minimum absolute atomic E-state index is 0.0914. The van der Waals surface area contributed by atoms with Crippen LogP contribution < -0.4 is 5.73 Å². The van der Waals surface area contributed by atoms with Gasteiger partial charge in [0, 0.05) is 17.8 Å². The Kier molecular flexibility index (Phi) is 6.24. The van der Waals surface area contributed by atoms with Gasteiger partial charge >= 0.3 is 12.1 Å². The zero-order chi connectivity index (χ0) is 22.8. The van der Waals surface area contributed by atoms with Gasteiger partial charge in [-0.3, -0.25) is 4.79 Å². The Bertz CT molecular complexity index is 1020. The number of carbonyl (C=O) groups excluding carboxylic acids is 1. The van der Waals surface area contributed by atoms with Crippen molar-refractivity contribution < 1.29 is 32.6 Å². The van der Waals surface area contributed by atoms with Gasteiger partial charge in [-0.05, 0) is 47.9 Å². The Morgan fingerprint density at radius 3 is 2.68 bits per heavy atom. The number of ether oxygens (including phenoxy) is 1. The number of rotatable bonds is 7. The molecule has 0 fully saturated rings. The first-order valence-corrected chi connectivity index (χ1v) is 9.54. The highest BCUT2D eigenvalue weighted by Gasteiger charge is 2.38. The van der Waals surface area contributed by atoms with E-state index in [1.165, 1.54) is 6.07 Å². The summed E-state index contributed by atoms with van der Waals surface area (Å²) in [6.07, 6.45) is 2.52. The lowest BCUT2D eigenvalue weighted by molar-refractivity contribution is -0.141. The van der Waals surface area contributed by atoms with E-state index < -0.39 is 30.2 Å². The number of nitrogens with two attached hydrogens (primary N) is 1. The summed E-state index contributed by atoms with van der Waals surface area (Å²) < 4.78 is 44.8. The fourth-order valence-corrected chi connectivity index (χ4v) is 3.78. The minimum Gasteiger partial charge on any atom is -0.480 e. The molecule has 1 amide bonds. The lowest BCUT2D eigenvalue weighted by atomic mass is 9.91. The van der Waals surface area contributed by atoms with Crippen LogP contribution in [0.25, 0.3) is 6.08 Å². The lowest BCUT2D eigenvalue weighted by Gasteiger charge is -2.25. The molecule has 9 heteroatoms. The summed E-state index contributed by atoms with van der Waals surface area (Å²) in [4.78, 5) is 24.4. The van der Waals surface area contributed by atoms with Crippen molar-refractivity contribution in [1.82, 2.24) is 4.90 Å². The van der Waals surface area contributed by atoms with Gasteiger partial charge in [0.1, 0.15) is 5.76 Å². The summed E-state index contributed by atoms with van der Waals surface area (Å²) in [5.41, 5.74) is 6.79. The Labute approximate surface area is 176 Å². The molecule has 0 aromatic heterocycles. The van der Waals surface area contributed by atoms with Crippen molar-refractivity contribution in [2.24, 2.45) is 11.7 Å². The molecule has 2 aliphatic rings. The van der Waals surface area contributed by atoms with Crippen LogP contribution in [-0.2, 0) is 20.5 Å². The molecular formula is C22H21F3N2O4. The second-order valence-corrected chi connectivity index (χ2v) is 7.10. The van der Waals surface area contributed by atoms with Crippen molar-refractivity contribution in [3.05, 3.63) is 76.5 Å². The van der Waals surface area contributed by atoms with Crippen LogP contribution in [0, 0.1) is 5.92 Å². The number of alkyl halides is 3. The second kappa shape index (κ2) is 8.71. The van der Waals surface area contributed by atoms with Gasteiger partial charge in [0.2, 0.25) is 5.91 Å². The van der Waals surface area contributed by atoms with Gasteiger partial charge in [0.15, 0.2) is 6.61 Å². The molecule has 0 saturated carbocycles. The van der Waals surface area contributed by atoms with Crippen LogP contribution >= 0.6 is 0 Å². The maximum Gasteiger partial charge on any atom is 0.416 e. The number of amides is 1.